The molecule has 0 aliphatic carbocycles. The summed E-state index contributed by atoms with van der Waals surface area (Å²) < 4.78 is 136. The van der Waals surface area contributed by atoms with Crippen LogP contribution in [0.5, 0.6) is 5.75 Å². The number of hydrogen-bond acceptors (Lipinski definition) is 19. The molecule has 0 fully saturated rings. The van der Waals surface area contributed by atoms with Crippen molar-refractivity contribution in [2.24, 2.45) is 0 Å². The van der Waals surface area contributed by atoms with Crippen molar-refractivity contribution in [3.63, 3.8) is 0 Å². The molecule has 1 aliphatic rings. The normalized spacial score (nSPS) is 12.4. The molecule has 1 aliphatic heterocycles. The van der Waals surface area contributed by atoms with Crippen molar-refractivity contribution >= 4 is 35.1 Å². The molecule has 27 heteroatoms. The molecule has 0 saturated carbocycles. The molecule has 0 aromatic heterocycles. The second-order valence-electron chi connectivity index (χ2n) is 14.4. The van der Waals surface area contributed by atoms with Crippen molar-refractivity contribution in [1.29, 1.82) is 0 Å². The van der Waals surface area contributed by atoms with Gasteiger partial charge in [-0.3, -0.25) is 29.3 Å². The highest BCUT2D eigenvalue weighted by atomic mass is 19.2. The third-order valence-electron chi connectivity index (χ3n) is 9.15. The van der Waals surface area contributed by atoms with Crippen LogP contribution >= 0.6 is 0 Å². The van der Waals surface area contributed by atoms with Crippen LogP contribution in [0.1, 0.15) is 12.0 Å². The highest BCUT2D eigenvalue weighted by Crippen LogP contribution is 2.32. The largest absolute Gasteiger partial charge is 0.420 e. The lowest BCUT2D eigenvalue weighted by molar-refractivity contribution is -0.384. The second-order valence-corrected chi connectivity index (χ2v) is 14.4. The monoisotopic (exact) mass is 1040 g/mol. The number of halogens is 5. The molecular weight excluding hydrogens is 981 g/mol. The van der Waals surface area contributed by atoms with E-state index in [0.29, 0.717) is 129 Å². The van der Waals surface area contributed by atoms with E-state index in [9.17, 15) is 51.2 Å². The Hall–Kier alpha value is -5.17. The summed E-state index contributed by atoms with van der Waals surface area (Å²) in [6.45, 7) is 7.78. The molecule has 1 N–H and O–H groups in total. The summed E-state index contributed by atoms with van der Waals surface area (Å²) in [5.41, 5.74) is -0.286. The molecular formula is C45H60F5N3O19. The van der Waals surface area contributed by atoms with Gasteiger partial charge in [0, 0.05) is 24.8 Å². The van der Waals surface area contributed by atoms with E-state index in [4.69, 9.17) is 56.8 Å². The maximum Gasteiger partial charge on any atom is 0.313 e. The van der Waals surface area contributed by atoms with Gasteiger partial charge in [-0.25, -0.2) is 18.1 Å². The number of hydrogen-bond donors (Lipinski definition) is 1. The zero-order valence-electron chi connectivity index (χ0n) is 39.5. The van der Waals surface area contributed by atoms with Crippen LogP contribution in [0.3, 0.4) is 0 Å². The molecule has 0 bridgehead atoms. The Bertz CT molecular complexity index is 1940. The first-order chi connectivity index (χ1) is 34.9. The summed E-state index contributed by atoms with van der Waals surface area (Å²) in [5, 5.41) is 14.2. The van der Waals surface area contributed by atoms with Crippen molar-refractivity contribution in [2.45, 2.75) is 12.8 Å². The highest BCUT2D eigenvalue weighted by molar-refractivity contribution is 6.28. The summed E-state index contributed by atoms with van der Waals surface area (Å²) in [6, 6.07) is 3.88. The molecule has 0 saturated heterocycles. The number of ether oxygens (including phenoxy) is 13. The summed E-state index contributed by atoms with van der Waals surface area (Å²) >= 11 is 0. The van der Waals surface area contributed by atoms with Crippen LogP contribution in [0, 0.1) is 39.2 Å². The second kappa shape index (κ2) is 37.6. The first kappa shape index (κ1) is 61.1. The average Bonchev–Trinajstić information content (AvgIpc) is 3.70. The Balaban J connectivity index is 0.947. The molecule has 404 valence electrons. The van der Waals surface area contributed by atoms with Crippen molar-refractivity contribution in [2.75, 3.05) is 170 Å². The molecule has 72 heavy (non-hydrogen) atoms. The maximum absolute atomic E-state index is 13.6. The molecule has 0 unspecified atom stereocenters. The Labute approximate surface area is 411 Å². The predicted molar refractivity (Wildman–Crippen MR) is 238 cm³/mol. The fourth-order valence-corrected chi connectivity index (χ4v) is 5.68. The summed E-state index contributed by atoms with van der Waals surface area (Å²) in [6.07, 6.45) is 1.41. The van der Waals surface area contributed by atoms with Crippen LogP contribution in [0.25, 0.3) is 0 Å². The number of nitro benzene ring substituents is 1. The van der Waals surface area contributed by atoms with E-state index in [1.165, 1.54) is 12.1 Å². The number of amides is 3. The van der Waals surface area contributed by atoms with E-state index in [1.54, 1.807) is 0 Å². The van der Waals surface area contributed by atoms with Crippen molar-refractivity contribution in [3.8, 4) is 5.75 Å². The minimum absolute atomic E-state index is 0.0616. The highest BCUT2D eigenvalue weighted by Gasteiger charge is 2.32. The molecule has 0 atom stereocenters. The number of rotatable bonds is 44. The van der Waals surface area contributed by atoms with Crippen LogP contribution in [0.2, 0.25) is 0 Å². The molecule has 22 nitrogen and oxygen atoms in total. The third kappa shape index (κ3) is 25.0. The quantitative estimate of drug-likeness (QED) is 0.0115. The summed E-state index contributed by atoms with van der Waals surface area (Å²) in [5.74, 6) is -16.0. The fourth-order valence-electron chi connectivity index (χ4n) is 5.68. The average molecular weight is 1040 g/mol. The van der Waals surface area contributed by atoms with Crippen molar-refractivity contribution < 1.29 is 108 Å². The van der Waals surface area contributed by atoms with E-state index in [2.05, 4.69) is 10.1 Å². The topological polar surface area (TPSA) is 247 Å². The van der Waals surface area contributed by atoms with E-state index in [1.807, 2.05) is 0 Å². The minimum Gasteiger partial charge on any atom is -0.420 e. The van der Waals surface area contributed by atoms with Crippen molar-refractivity contribution in [1.82, 2.24) is 5.32 Å². The van der Waals surface area contributed by atoms with Gasteiger partial charge in [0.2, 0.25) is 40.7 Å². The number of esters is 1. The van der Waals surface area contributed by atoms with E-state index >= 15 is 0 Å². The number of nitrogens with zero attached hydrogens (tertiary/aromatic N) is 2. The van der Waals surface area contributed by atoms with Gasteiger partial charge in [-0.2, -0.15) is 8.78 Å². The maximum atomic E-state index is 13.6. The molecule has 3 amide bonds. The zero-order valence-corrected chi connectivity index (χ0v) is 39.5. The number of carbonyl (C=O) groups is 4. The van der Waals surface area contributed by atoms with Crippen LogP contribution < -0.4 is 15.0 Å². The van der Waals surface area contributed by atoms with Gasteiger partial charge in [-0.15, -0.1) is 0 Å². The van der Waals surface area contributed by atoms with Gasteiger partial charge in [0.15, 0.2) is 0 Å². The number of anilines is 1. The number of nitrogens with one attached hydrogen (secondary N) is 1. The molecule has 0 radical (unpaired) electrons. The van der Waals surface area contributed by atoms with Gasteiger partial charge in [-0.1, -0.05) is 6.07 Å². The van der Waals surface area contributed by atoms with Crippen LogP contribution in [-0.2, 0) is 82.4 Å². The summed E-state index contributed by atoms with van der Waals surface area (Å²) in [7, 11) is 0. The Morgan fingerprint density at radius 1 is 0.500 bits per heavy atom. The van der Waals surface area contributed by atoms with Crippen LogP contribution in [0.15, 0.2) is 30.4 Å². The smallest absolute Gasteiger partial charge is 0.313 e. The fraction of sp³-hybridized carbons (Fsp3) is 0.600. The van der Waals surface area contributed by atoms with E-state index in [0.717, 1.165) is 18.2 Å². The lowest BCUT2D eigenvalue weighted by Crippen LogP contribution is -2.30. The van der Waals surface area contributed by atoms with Crippen LogP contribution in [-0.4, -0.2) is 194 Å². The van der Waals surface area contributed by atoms with Gasteiger partial charge in [0.1, 0.15) is 5.69 Å². The zero-order chi connectivity index (χ0) is 52.2. The van der Waals surface area contributed by atoms with Gasteiger partial charge in [0.25, 0.3) is 17.5 Å². The molecule has 2 aromatic carbocycles. The lowest BCUT2D eigenvalue weighted by Gasteiger charge is -2.14. The molecule has 2 aromatic rings. The number of imide groups is 1. The van der Waals surface area contributed by atoms with E-state index in [-0.39, 0.29) is 64.2 Å². The third-order valence-corrected chi connectivity index (χ3v) is 9.15. The van der Waals surface area contributed by atoms with Gasteiger partial charge in [0.05, 0.1) is 176 Å². The molecule has 0 spiro atoms. The van der Waals surface area contributed by atoms with Gasteiger partial charge < -0.3 is 66.9 Å². The first-order valence-electron chi connectivity index (χ1n) is 22.7. The number of carbonyl (C=O) groups excluding carboxylic acids is 4. The SMILES string of the molecule is O=C(Cc1ccc(N2C(=O)C=CC2=O)c([N+](=O)[O-])c1)NCCOCCOCCOCCOCCOCCOCCOCCOCCOCCOCCOCCOCCC(=O)Oc1c(F)c(F)c(F)c(F)c1F. The molecule has 1 heterocycles. The number of benzene rings is 2. The Morgan fingerprint density at radius 3 is 1.19 bits per heavy atom. The Kier molecular flexibility index (Phi) is 31.9. The molecule has 3 rings (SSSR count). The summed E-state index contributed by atoms with van der Waals surface area (Å²) in [4.78, 5) is 59.4. The predicted octanol–water partition coefficient (Wildman–Crippen LogP) is 2.57. The standard InChI is InChI=1S/C45H60F5N3O19/c46-40-41(47)43(49)45(44(50)42(40)48)72-39(57)5-7-60-9-11-62-13-15-64-17-19-66-21-23-68-25-27-70-29-30-71-28-26-69-24-22-67-20-18-65-16-14-63-12-10-61-8-6-51-36(54)32-33-1-2-34(35(31-33)53(58)59)52-37(55)3-4-38(52)56/h1-4,31H,5-30,32H2,(H,51,54). The lowest BCUT2D eigenvalue weighted by atomic mass is 10.1. The van der Waals surface area contributed by atoms with Gasteiger partial charge in [-0.05, 0) is 11.6 Å². The minimum atomic E-state index is -2.36. The van der Waals surface area contributed by atoms with Crippen LogP contribution in [0.4, 0.5) is 33.3 Å². The Morgan fingerprint density at radius 2 is 0.833 bits per heavy atom. The van der Waals surface area contributed by atoms with E-state index < -0.39 is 69.7 Å². The van der Waals surface area contributed by atoms with Gasteiger partial charge >= 0.3 is 5.97 Å². The van der Waals surface area contributed by atoms with Crippen molar-refractivity contribution in [3.05, 3.63) is 75.1 Å². The first-order valence-corrected chi connectivity index (χ1v) is 22.7. The number of nitro groups is 1.